The van der Waals surface area contributed by atoms with E-state index in [1.807, 2.05) is 19.9 Å². The summed E-state index contributed by atoms with van der Waals surface area (Å²) >= 11 is 0. The second-order valence-electron chi connectivity index (χ2n) is 8.28. The lowest BCUT2D eigenvalue weighted by molar-refractivity contribution is -0.132. The highest BCUT2D eigenvalue weighted by Gasteiger charge is 2.32. The Balaban J connectivity index is 2.04. The Morgan fingerprint density at radius 1 is 1.19 bits per heavy atom. The number of amides is 2. The first kappa shape index (κ1) is 25.0. The molecule has 0 saturated carbocycles. The van der Waals surface area contributed by atoms with Gasteiger partial charge in [0, 0.05) is 11.5 Å². The summed E-state index contributed by atoms with van der Waals surface area (Å²) in [6.07, 6.45) is 2.01. The topological polar surface area (TPSA) is 137 Å². The summed E-state index contributed by atoms with van der Waals surface area (Å²) in [6, 6.07) is 2.54. The number of ether oxygens (including phenoxy) is 2. The monoisotopic (exact) mass is 436 g/mol. The second-order valence-corrected chi connectivity index (χ2v) is 8.28. The number of carbonyl (C=O) groups is 2. The summed E-state index contributed by atoms with van der Waals surface area (Å²) in [6.45, 7) is 3.18. The van der Waals surface area contributed by atoms with E-state index in [4.69, 9.17) is 9.47 Å². The van der Waals surface area contributed by atoms with Crippen LogP contribution in [-0.4, -0.2) is 66.9 Å². The highest BCUT2D eigenvalue weighted by molar-refractivity contribution is 6.43. The minimum Gasteiger partial charge on any atom is -0.493 e. The Morgan fingerprint density at radius 3 is 2.45 bits per heavy atom. The number of fused-ring (bicyclic) bond motifs is 1. The number of hydrogen-bond acceptors (Lipinski definition) is 7. The molecule has 0 bridgehead atoms. The number of aliphatic hydroxyl groups is 1. The zero-order valence-corrected chi connectivity index (χ0v) is 18.6. The molecule has 172 valence electrons. The molecule has 2 amide bonds. The summed E-state index contributed by atoms with van der Waals surface area (Å²) < 4.78 is 10.8. The molecule has 5 N–H and O–H groups in total. The molecule has 1 aromatic carbocycles. The van der Waals surface area contributed by atoms with Gasteiger partial charge in [-0.3, -0.25) is 9.59 Å². The molecule has 2 unspecified atom stereocenters. The van der Waals surface area contributed by atoms with E-state index >= 15 is 0 Å². The molecule has 0 heterocycles. The lowest BCUT2D eigenvalue weighted by Crippen LogP contribution is -2.56. The van der Waals surface area contributed by atoms with Gasteiger partial charge >= 0.3 is 7.12 Å². The summed E-state index contributed by atoms with van der Waals surface area (Å²) in [4.78, 5) is 25.3. The van der Waals surface area contributed by atoms with Crippen molar-refractivity contribution in [3.8, 4) is 11.5 Å². The molecular weight excluding hydrogens is 403 g/mol. The van der Waals surface area contributed by atoms with Gasteiger partial charge in [0.2, 0.25) is 11.8 Å². The van der Waals surface area contributed by atoms with Crippen LogP contribution in [0.1, 0.15) is 37.8 Å². The van der Waals surface area contributed by atoms with E-state index in [1.165, 1.54) is 0 Å². The van der Waals surface area contributed by atoms with Gasteiger partial charge in [0.25, 0.3) is 0 Å². The number of carbonyl (C=O) groups excluding carboxylic acids is 2. The van der Waals surface area contributed by atoms with Gasteiger partial charge in [-0.15, -0.1) is 0 Å². The molecule has 0 spiro atoms. The SMILES string of the molecule is COc1ccc2c(c1OC)CCC(C(=O)N[C@@H](CO)C(=O)NC(CC(C)C)B(O)O)C2. The van der Waals surface area contributed by atoms with Crippen LogP contribution in [0, 0.1) is 11.8 Å². The fraction of sp³-hybridized carbons (Fsp3) is 0.619. The third-order valence-corrected chi connectivity index (χ3v) is 5.55. The molecule has 1 aliphatic carbocycles. The van der Waals surface area contributed by atoms with Crippen molar-refractivity contribution in [3.63, 3.8) is 0 Å². The molecule has 31 heavy (non-hydrogen) atoms. The quantitative estimate of drug-likeness (QED) is 0.321. The van der Waals surface area contributed by atoms with Crippen molar-refractivity contribution in [1.29, 1.82) is 0 Å². The summed E-state index contributed by atoms with van der Waals surface area (Å²) in [7, 11) is 1.42. The van der Waals surface area contributed by atoms with E-state index in [9.17, 15) is 24.7 Å². The second kappa shape index (κ2) is 11.4. The molecule has 0 fully saturated rings. The number of hydrogen-bond donors (Lipinski definition) is 5. The molecule has 0 aliphatic heterocycles. The third-order valence-electron chi connectivity index (χ3n) is 5.55. The van der Waals surface area contributed by atoms with Crippen LogP contribution in [0.5, 0.6) is 11.5 Å². The first-order valence-electron chi connectivity index (χ1n) is 10.5. The molecule has 0 saturated heterocycles. The van der Waals surface area contributed by atoms with Gasteiger partial charge < -0.3 is 35.3 Å². The zero-order chi connectivity index (χ0) is 23.1. The molecule has 9 nitrogen and oxygen atoms in total. The Kier molecular flexibility index (Phi) is 9.15. The van der Waals surface area contributed by atoms with Gasteiger partial charge in [-0.1, -0.05) is 19.9 Å². The van der Waals surface area contributed by atoms with E-state index < -0.39 is 31.6 Å². The van der Waals surface area contributed by atoms with Crippen LogP contribution in [0.4, 0.5) is 0 Å². The normalized spacial score (nSPS) is 17.4. The molecular formula is C21H33BN2O7. The first-order chi connectivity index (χ1) is 14.7. The van der Waals surface area contributed by atoms with Crippen LogP contribution < -0.4 is 20.1 Å². The summed E-state index contributed by atoms with van der Waals surface area (Å²) in [5.41, 5.74) is 1.99. The molecule has 2 rings (SSSR count). The predicted octanol–water partition coefficient (Wildman–Crippen LogP) is -0.171. The zero-order valence-electron chi connectivity index (χ0n) is 18.6. The highest BCUT2D eigenvalue weighted by atomic mass is 16.5. The number of methoxy groups -OCH3 is 2. The van der Waals surface area contributed by atoms with Crippen molar-refractivity contribution in [1.82, 2.24) is 10.6 Å². The Bertz CT molecular complexity index is 772. The number of nitrogens with one attached hydrogen (secondary N) is 2. The standard InChI is InChI=1S/C21H33BN2O7/c1-12(2)9-18(22(28)29)24-21(27)16(11-25)23-20(26)14-5-7-15-13(10-14)6-8-17(30-3)19(15)31-4/h6,8,12,14,16,18,25,28-29H,5,7,9-11H2,1-4H3,(H,23,26)(H,24,27)/t14?,16-,18?/m0/s1. The molecule has 0 radical (unpaired) electrons. The van der Waals surface area contributed by atoms with Crippen molar-refractivity contribution in [3.05, 3.63) is 23.3 Å². The van der Waals surface area contributed by atoms with E-state index in [0.29, 0.717) is 37.2 Å². The summed E-state index contributed by atoms with van der Waals surface area (Å²) in [5.74, 6) is -0.804. The average molecular weight is 436 g/mol. The lowest BCUT2D eigenvalue weighted by Gasteiger charge is -2.28. The molecule has 10 heteroatoms. The van der Waals surface area contributed by atoms with E-state index in [0.717, 1.165) is 11.1 Å². The van der Waals surface area contributed by atoms with Crippen molar-refractivity contribution in [2.75, 3.05) is 20.8 Å². The van der Waals surface area contributed by atoms with Crippen molar-refractivity contribution in [2.24, 2.45) is 11.8 Å². The Hall–Kier alpha value is -2.30. The highest BCUT2D eigenvalue weighted by Crippen LogP contribution is 2.38. The van der Waals surface area contributed by atoms with E-state index in [-0.39, 0.29) is 17.7 Å². The maximum atomic E-state index is 12.8. The van der Waals surface area contributed by atoms with Crippen LogP contribution in [0.15, 0.2) is 12.1 Å². The van der Waals surface area contributed by atoms with Gasteiger partial charge in [-0.05, 0) is 43.2 Å². The molecule has 1 aromatic rings. The van der Waals surface area contributed by atoms with Crippen LogP contribution in [-0.2, 0) is 22.4 Å². The lowest BCUT2D eigenvalue weighted by atomic mass is 9.75. The van der Waals surface area contributed by atoms with Gasteiger partial charge in [-0.25, -0.2) is 0 Å². The largest absolute Gasteiger partial charge is 0.493 e. The fourth-order valence-electron chi connectivity index (χ4n) is 3.94. The molecule has 3 atom stereocenters. The van der Waals surface area contributed by atoms with Crippen LogP contribution in [0.3, 0.4) is 0 Å². The van der Waals surface area contributed by atoms with Crippen LogP contribution in [0.25, 0.3) is 0 Å². The average Bonchev–Trinajstić information content (AvgIpc) is 2.74. The smallest absolute Gasteiger partial charge is 0.475 e. The minimum atomic E-state index is -1.73. The third kappa shape index (κ3) is 6.35. The number of benzene rings is 1. The van der Waals surface area contributed by atoms with E-state index in [2.05, 4.69) is 10.6 Å². The summed E-state index contributed by atoms with van der Waals surface area (Å²) in [5, 5.41) is 33.7. The maximum absolute atomic E-state index is 12.8. The van der Waals surface area contributed by atoms with Gasteiger partial charge in [-0.2, -0.15) is 0 Å². The van der Waals surface area contributed by atoms with Crippen LogP contribution >= 0.6 is 0 Å². The maximum Gasteiger partial charge on any atom is 0.475 e. The predicted molar refractivity (Wildman–Crippen MR) is 116 cm³/mol. The minimum absolute atomic E-state index is 0.118. The van der Waals surface area contributed by atoms with Crippen molar-refractivity contribution < 1.29 is 34.2 Å². The Labute approximate surface area is 183 Å². The first-order valence-corrected chi connectivity index (χ1v) is 10.5. The van der Waals surface area contributed by atoms with E-state index in [1.54, 1.807) is 20.3 Å². The number of aliphatic hydroxyl groups excluding tert-OH is 1. The molecule has 1 aliphatic rings. The number of rotatable bonds is 10. The van der Waals surface area contributed by atoms with Gasteiger partial charge in [0.1, 0.15) is 6.04 Å². The Morgan fingerprint density at radius 2 is 1.90 bits per heavy atom. The fourth-order valence-corrected chi connectivity index (χ4v) is 3.94. The molecule has 0 aromatic heterocycles. The van der Waals surface area contributed by atoms with Crippen molar-refractivity contribution >= 4 is 18.9 Å². The van der Waals surface area contributed by atoms with Crippen molar-refractivity contribution in [2.45, 2.75) is 51.5 Å². The van der Waals surface area contributed by atoms with Gasteiger partial charge in [0.05, 0.1) is 26.8 Å². The van der Waals surface area contributed by atoms with Crippen LogP contribution in [0.2, 0.25) is 0 Å². The van der Waals surface area contributed by atoms with Gasteiger partial charge in [0.15, 0.2) is 11.5 Å².